The number of methoxy groups -OCH3 is 1. The molecule has 1 amide bonds. The maximum absolute atomic E-state index is 12.6. The third-order valence-electron chi connectivity index (χ3n) is 5.99. The van der Waals surface area contributed by atoms with E-state index >= 15 is 0 Å². The summed E-state index contributed by atoms with van der Waals surface area (Å²) in [6, 6.07) is 16.4. The number of ether oxygens (including phenoxy) is 2. The molecule has 6 heteroatoms. The molecule has 2 aromatic rings. The molecule has 2 aliphatic heterocycles. The maximum Gasteiger partial charge on any atom is 0.226 e. The van der Waals surface area contributed by atoms with Crippen LogP contribution in [0.2, 0.25) is 0 Å². The van der Waals surface area contributed by atoms with Crippen LogP contribution in [0.3, 0.4) is 0 Å². The molecule has 30 heavy (non-hydrogen) atoms. The van der Waals surface area contributed by atoms with E-state index in [9.17, 15) is 4.79 Å². The molecule has 0 bridgehead atoms. The number of rotatable bonds is 7. The molecule has 6 nitrogen and oxygen atoms in total. The summed E-state index contributed by atoms with van der Waals surface area (Å²) in [6.45, 7) is 7.24. The quantitative estimate of drug-likeness (QED) is 0.760. The lowest BCUT2D eigenvalue weighted by Crippen LogP contribution is -2.48. The molecule has 4 rings (SSSR count). The molecule has 0 aliphatic carbocycles. The van der Waals surface area contributed by atoms with Crippen LogP contribution < -0.4 is 14.8 Å². The normalized spacial score (nSPS) is 19.6. The summed E-state index contributed by atoms with van der Waals surface area (Å²) in [5.41, 5.74) is 2.40. The van der Waals surface area contributed by atoms with Gasteiger partial charge in [-0.25, -0.2) is 0 Å². The number of carbonyl (C=O) groups is 1. The molecule has 0 spiro atoms. The highest BCUT2D eigenvalue weighted by Crippen LogP contribution is 2.30. The number of benzene rings is 2. The Labute approximate surface area is 178 Å². The molecular formula is C24H31N3O3. The number of hydrogen-bond donors (Lipinski definition) is 1. The number of fused-ring (bicyclic) bond motifs is 1. The maximum atomic E-state index is 12.6. The number of nitrogens with one attached hydrogen (secondary N) is 1. The van der Waals surface area contributed by atoms with Gasteiger partial charge in [-0.1, -0.05) is 30.3 Å². The number of carbonyl (C=O) groups excluding carboxylic acids is 1. The van der Waals surface area contributed by atoms with Crippen molar-refractivity contribution in [2.45, 2.75) is 13.0 Å². The minimum Gasteiger partial charge on any atom is -0.497 e. The molecule has 1 fully saturated rings. The van der Waals surface area contributed by atoms with E-state index in [-0.39, 0.29) is 11.8 Å². The van der Waals surface area contributed by atoms with E-state index in [1.807, 2.05) is 18.2 Å². The first-order chi connectivity index (χ1) is 14.7. The van der Waals surface area contributed by atoms with Crippen LogP contribution in [0.5, 0.6) is 11.5 Å². The van der Waals surface area contributed by atoms with Crippen LogP contribution in [0.25, 0.3) is 0 Å². The van der Waals surface area contributed by atoms with Gasteiger partial charge in [-0.15, -0.1) is 0 Å². The molecule has 1 atom stereocenters. The number of hydrogen-bond acceptors (Lipinski definition) is 5. The zero-order valence-electron chi connectivity index (χ0n) is 17.7. The van der Waals surface area contributed by atoms with Crippen molar-refractivity contribution >= 4 is 5.91 Å². The van der Waals surface area contributed by atoms with E-state index < -0.39 is 0 Å². The largest absolute Gasteiger partial charge is 0.497 e. The lowest BCUT2D eigenvalue weighted by atomic mass is 9.96. The van der Waals surface area contributed by atoms with E-state index in [0.717, 1.165) is 56.3 Å². The van der Waals surface area contributed by atoms with Crippen LogP contribution in [0.1, 0.15) is 11.1 Å². The van der Waals surface area contributed by atoms with Gasteiger partial charge in [-0.3, -0.25) is 14.6 Å². The number of amides is 1. The van der Waals surface area contributed by atoms with Crippen molar-refractivity contribution < 1.29 is 14.3 Å². The van der Waals surface area contributed by atoms with E-state index in [2.05, 4.69) is 45.4 Å². The van der Waals surface area contributed by atoms with Crippen LogP contribution >= 0.6 is 0 Å². The molecule has 0 saturated carbocycles. The Morgan fingerprint density at radius 3 is 2.63 bits per heavy atom. The first-order valence-corrected chi connectivity index (χ1v) is 10.8. The Balaban J connectivity index is 1.17. The summed E-state index contributed by atoms with van der Waals surface area (Å²) >= 11 is 0. The third kappa shape index (κ3) is 5.32. The fourth-order valence-corrected chi connectivity index (χ4v) is 4.16. The highest BCUT2D eigenvalue weighted by atomic mass is 16.5. The Bertz CT molecular complexity index is 835. The van der Waals surface area contributed by atoms with Gasteiger partial charge in [-0.2, -0.15) is 0 Å². The molecule has 1 saturated heterocycles. The molecule has 1 N–H and O–H groups in total. The molecule has 160 valence electrons. The van der Waals surface area contributed by atoms with Crippen LogP contribution in [0.15, 0.2) is 48.5 Å². The highest BCUT2D eigenvalue weighted by molar-refractivity contribution is 5.79. The molecular weight excluding hydrogens is 378 g/mol. The van der Waals surface area contributed by atoms with Gasteiger partial charge in [0.2, 0.25) is 5.91 Å². The van der Waals surface area contributed by atoms with Crippen LogP contribution in [-0.4, -0.2) is 68.7 Å². The predicted octanol–water partition coefficient (Wildman–Crippen LogP) is 2.18. The smallest absolute Gasteiger partial charge is 0.226 e. The Hall–Kier alpha value is -2.57. The van der Waals surface area contributed by atoms with E-state index in [4.69, 9.17) is 9.47 Å². The van der Waals surface area contributed by atoms with Gasteiger partial charge in [0.05, 0.1) is 13.0 Å². The molecule has 2 heterocycles. The monoisotopic (exact) mass is 409 g/mol. The van der Waals surface area contributed by atoms with E-state index in [1.54, 1.807) is 7.11 Å². The minimum atomic E-state index is -0.146. The summed E-state index contributed by atoms with van der Waals surface area (Å²) in [4.78, 5) is 17.5. The van der Waals surface area contributed by atoms with Crippen LogP contribution in [0, 0.1) is 5.92 Å². The van der Waals surface area contributed by atoms with Gasteiger partial charge in [0.15, 0.2) is 0 Å². The molecule has 0 aromatic heterocycles. The molecule has 0 radical (unpaired) electrons. The fraction of sp³-hybridized carbons (Fsp3) is 0.458. The standard InChI is InChI=1S/C24H31N3O3/c1-29-22-7-8-23-20(16-22)15-21(18-30-23)24(28)25-9-10-26-11-13-27(14-12-26)17-19-5-3-2-4-6-19/h2-8,16,21H,9-15,17-18H2,1H3,(H,25,28). The number of piperazine rings is 1. The first-order valence-electron chi connectivity index (χ1n) is 10.8. The van der Waals surface area contributed by atoms with Crippen molar-refractivity contribution in [3.05, 3.63) is 59.7 Å². The van der Waals surface area contributed by atoms with Gasteiger partial charge in [0.1, 0.15) is 18.1 Å². The Kier molecular flexibility index (Phi) is 6.87. The lowest BCUT2D eigenvalue weighted by molar-refractivity contribution is -0.126. The second-order valence-electron chi connectivity index (χ2n) is 8.08. The Morgan fingerprint density at radius 1 is 1.10 bits per heavy atom. The van der Waals surface area contributed by atoms with Gasteiger partial charge < -0.3 is 14.8 Å². The summed E-state index contributed by atoms with van der Waals surface area (Å²) in [5, 5.41) is 3.10. The van der Waals surface area contributed by atoms with Gasteiger partial charge in [-0.05, 0) is 35.7 Å². The van der Waals surface area contributed by atoms with Crippen LogP contribution in [-0.2, 0) is 17.8 Å². The van der Waals surface area contributed by atoms with Crippen molar-refractivity contribution in [3.8, 4) is 11.5 Å². The third-order valence-corrected chi connectivity index (χ3v) is 5.99. The zero-order valence-corrected chi connectivity index (χ0v) is 17.7. The van der Waals surface area contributed by atoms with Crippen molar-refractivity contribution in [1.82, 2.24) is 15.1 Å². The van der Waals surface area contributed by atoms with Crippen molar-refractivity contribution in [3.63, 3.8) is 0 Å². The van der Waals surface area contributed by atoms with Gasteiger partial charge >= 0.3 is 0 Å². The summed E-state index contributed by atoms with van der Waals surface area (Å²) in [7, 11) is 1.65. The second-order valence-corrected chi connectivity index (χ2v) is 8.08. The molecule has 1 unspecified atom stereocenters. The SMILES string of the molecule is COc1ccc2c(c1)CC(C(=O)NCCN1CCN(Cc3ccccc3)CC1)CO2. The Morgan fingerprint density at radius 2 is 1.87 bits per heavy atom. The van der Waals surface area contributed by atoms with E-state index in [0.29, 0.717) is 19.6 Å². The highest BCUT2D eigenvalue weighted by Gasteiger charge is 2.26. The zero-order chi connectivity index (χ0) is 20.8. The predicted molar refractivity (Wildman–Crippen MR) is 117 cm³/mol. The van der Waals surface area contributed by atoms with E-state index in [1.165, 1.54) is 5.56 Å². The average Bonchev–Trinajstić information content (AvgIpc) is 2.80. The van der Waals surface area contributed by atoms with Crippen molar-refractivity contribution in [2.75, 3.05) is 53.0 Å². The average molecular weight is 410 g/mol. The minimum absolute atomic E-state index is 0.0752. The van der Waals surface area contributed by atoms with Crippen molar-refractivity contribution in [1.29, 1.82) is 0 Å². The molecule has 2 aliphatic rings. The number of nitrogens with zero attached hydrogens (tertiary/aromatic N) is 2. The summed E-state index contributed by atoms with van der Waals surface area (Å²) in [5.74, 6) is 1.58. The lowest BCUT2D eigenvalue weighted by Gasteiger charge is -2.34. The fourth-order valence-electron chi connectivity index (χ4n) is 4.16. The summed E-state index contributed by atoms with van der Waals surface area (Å²) in [6.07, 6.45) is 0.691. The second kappa shape index (κ2) is 9.96. The van der Waals surface area contributed by atoms with Gasteiger partial charge in [0.25, 0.3) is 0 Å². The van der Waals surface area contributed by atoms with Crippen LogP contribution in [0.4, 0.5) is 0 Å². The molecule has 2 aromatic carbocycles. The first kappa shape index (κ1) is 20.7. The van der Waals surface area contributed by atoms with Crippen molar-refractivity contribution in [2.24, 2.45) is 5.92 Å². The van der Waals surface area contributed by atoms with Gasteiger partial charge in [0, 0.05) is 45.8 Å². The summed E-state index contributed by atoms with van der Waals surface area (Å²) < 4.78 is 11.1. The topological polar surface area (TPSA) is 54.0 Å².